The molecule has 0 aromatic heterocycles. The van der Waals surface area contributed by atoms with Crippen molar-refractivity contribution >= 4 is 49.2 Å². The molecule has 0 saturated heterocycles. The van der Waals surface area contributed by atoms with Crippen molar-refractivity contribution in [1.29, 1.82) is 0 Å². The SMILES string of the molecule is COc1ccc(C(=O)[C@@H](Br)[C@H](c2ccccc2)C2(Br)C(=O)c3ccccc3C2=O)cc1. The molecule has 6 heteroatoms. The van der Waals surface area contributed by atoms with Gasteiger partial charge in [-0.25, -0.2) is 0 Å². The molecular weight excluding hydrogens is 524 g/mol. The molecule has 4 nitrogen and oxygen atoms in total. The maximum atomic E-state index is 13.5. The quantitative estimate of drug-likeness (QED) is 0.230. The number of hydrogen-bond acceptors (Lipinski definition) is 4. The lowest BCUT2D eigenvalue weighted by Gasteiger charge is -2.33. The van der Waals surface area contributed by atoms with Crippen LogP contribution in [0.25, 0.3) is 0 Å². The molecule has 3 aromatic rings. The highest BCUT2D eigenvalue weighted by Gasteiger charge is 2.59. The molecule has 0 spiro atoms. The molecule has 0 amide bonds. The minimum atomic E-state index is -1.59. The summed E-state index contributed by atoms with van der Waals surface area (Å²) in [5, 5.41) is 0. The summed E-state index contributed by atoms with van der Waals surface area (Å²) in [5.74, 6) is -1.04. The lowest BCUT2D eigenvalue weighted by atomic mass is 9.78. The summed E-state index contributed by atoms with van der Waals surface area (Å²) < 4.78 is 3.58. The zero-order chi connectivity index (χ0) is 22.2. The van der Waals surface area contributed by atoms with Gasteiger partial charge in [0.15, 0.2) is 21.7 Å². The number of alkyl halides is 2. The Hall–Kier alpha value is -2.57. The lowest BCUT2D eigenvalue weighted by molar-refractivity contribution is 0.0844. The van der Waals surface area contributed by atoms with Crippen molar-refractivity contribution in [2.24, 2.45) is 0 Å². The highest BCUT2D eigenvalue weighted by atomic mass is 79.9. The predicted octanol–water partition coefficient (Wildman–Crippen LogP) is 5.64. The van der Waals surface area contributed by atoms with Crippen molar-refractivity contribution in [2.45, 2.75) is 15.1 Å². The highest BCUT2D eigenvalue weighted by molar-refractivity contribution is 9.11. The fraction of sp³-hybridized carbons (Fsp3) is 0.160. The Morgan fingerprint density at radius 1 is 0.839 bits per heavy atom. The molecule has 3 aromatic carbocycles. The lowest BCUT2D eigenvalue weighted by Crippen LogP contribution is -2.46. The van der Waals surface area contributed by atoms with Gasteiger partial charge < -0.3 is 4.74 Å². The summed E-state index contributed by atoms with van der Waals surface area (Å²) in [6.45, 7) is 0. The molecule has 0 aliphatic heterocycles. The van der Waals surface area contributed by atoms with Gasteiger partial charge in [-0.1, -0.05) is 86.5 Å². The van der Waals surface area contributed by atoms with Crippen LogP contribution in [0, 0.1) is 0 Å². The van der Waals surface area contributed by atoms with Gasteiger partial charge in [0.1, 0.15) is 5.75 Å². The normalized spacial score (nSPS) is 16.5. The van der Waals surface area contributed by atoms with Crippen LogP contribution in [0.15, 0.2) is 78.9 Å². The Kier molecular flexibility index (Phi) is 5.95. The van der Waals surface area contributed by atoms with Crippen molar-refractivity contribution in [2.75, 3.05) is 7.11 Å². The molecule has 0 bridgehead atoms. The van der Waals surface area contributed by atoms with E-state index >= 15 is 0 Å². The third-order valence-electron chi connectivity index (χ3n) is 5.58. The summed E-state index contributed by atoms with van der Waals surface area (Å²) in [5.41, 5.74) is 1.89. The van der Waals surface area contributed by atoms with E-state index in [1.54, 1.807) is 55.6 Å². The molecule has 0 fully saturated rings. The standard InChI is InChI=1S/C25H18Br2O4/c1-31-17-13-11-16(12-14-17)22(28)21(26)20(15-7-3-2-4-8-15)25(27)23(29)18-9-5-6-10-19(18)24(25)30/h2-14,20-21H,1H3/t20-,21-/m0/s1. The Morgan fingerprint density at radius 3 is 1.87 bits per heavy atom. The monoisotopic (exact) mass is 540 g/mol. The number of carbonyl (C=O) groups is 3. The van der Waals surface area contributed by atoms with Crippen LogP contribution in [0.4, 0.5) is 0 Å². The van der Waals surface area contributed by atoms with E-state index in [9.17, 15) is 14.4 Å². The molecular formula is C25H18Br2O4. The maximum absolute atomic E-state index is 13.5. The average Bonchev–Trinajstić information content (AvgIpc) is 3.01. The largest absolute Gasteiger partial charge is 0.497 e. The van der Waals surface area contributed by atoms with Gasteiger partial charge in [0, 0.05) is 22.6 Å². The second-order valence-electron chi connectivity index (χ2n) is 7.30. The Balaban J connectivity index is 1.81. The van der Waals surface area contributed by atoms with Crippen LogP contribution in [-0.4, -0.2) is 33.6 Å². The smallest absolute Gasteiger partial charge is 0.188 e. The van der Waals surface area contributed by atoms with Gasteiger partial charge in [0.25, 0.3) is 0 Å². The molecule has 4 rings (SSSR count). The van der Waals surface area contributed by atoms with E-state index in [1.165, 1.54) is 0 Å². The first kappa shape index (κ1) is 21.7. The van der Waals surface area contributed by atoms with E-state index in [0.29, 0.717) is 28.0 Å². The molecule has 31 heavy (non-hydrogen) atoms. The van der Waals surface area contributed by atoms with E-state index < -0.39 is 15.1 Å². The Bertz CT molecular complexity index is 1120. The number of Topliss-reactive ketones (excluding diaryl/α,β-unsaturated/α-hetero) is 3. The summed E-state index contributed by atoms with van der Waals surface area (Å²) in [4.78, 5) is 39.5. The molecule has 0 saturated carbocycles. The minimum absolute atomic E-state index is 0.230. The fourth-order valence-electron chi connectivity index (χ4n) is 3.98. The summed E-state index contributed by atoms with van der Waals surface area (Å²) in [7, 11) is 1.55. The first-order chi connectivity index (χ1) is 14.9. The van der Waals surface area contributed by atoms with Crippen LogP contribution < -0.4 is 4.74 Å². The molecule has 0 heterocycles. The molecule has 0 N–H and O–H groups in total. The van der Waals surface area contributed by atoms with E-state index in [4.69, 9.17) is 4.74 Å². The zero-order valence-electron chi connectivity index (χ0n) is 16.5. The zero-order valence-corrected chi connectivity index (χ0v) is 19.7. The van der Waals surface area contributed by atoms with E-state index in [2.05, 4.69) is 31.9 Å². The molecule has 156 valence electrons. The average molecular weight is 542 g/mol. The van der Waals surface area contributed by atoms with Crippen LogP contribution in [0.1, 0.15) is 42.6 Å². The van der Waals surface area contributed by atoms with Crippen molar-refractivity contribution in [1.82, 2.24) is 0 Å². The molecule has 2 atom stereocenters. The molecule has 1 aliphatic rings. The van der Waals surface area contributed by atoms with E-state index in [0.717, 1.165) is 0 Å². The van der Waals surface area contributed by atoms with Gasteiger partial charge in [0.2, 0.25) is 0 Å². The first-order valence-electron chi connectivity index (χ1n) is 9.64. The second kappa shape index (κ2) is 8.52. The van der Waals surface area contributed by atoms with Crippen molar-refractivity contribution in [3.63, 3.8) is 0 Å². The van der Waals surface area contributed by atoms with Crippen LogP contribution in [0.5, 0.6) is 5.75 Å². The number of hydrogen-bond donors (Lipinski definition) is 0. The van der Waals surface area contributed by atoms with Crippen molar-refractivity contribution < 1.29 is 19.1 Å². The summed E-state index contributed by atoms with van der Waals surface area (Å²) in [6.07, 6.45) is 0. The summed E-state index contributed by atoms with van der Waals surface area (Å²) in [6, 6.07) is 22.7. The van der Waals surface area contributed by atoms with E-state index in [1.807, 2.05) is 30.3 Å². The number of methoxy groups -OCH3 is 1. The third-order valence-corrected chi connectivity index (χ3v) is 7.74. The van der Waals surface area contributed by atoms with Gasteiger partial charge in [-0.05, 0) is 29.8 Å². The Labute approximate surface area is 196 Å². The fourth-order valence-corrected chi connectivity index (χ4v) is 6.26. The topological polar surface area (TPSA) is 60.4 Å². The van der Waals surface area contributed by atoms with Crippen molar-refractivity contribution in [3.05, 3.63) is 101 Å². The molecule has 0 unspecified atom stereocenters. The number of benzene rings is 3. The van der Waals surface area contributed by atoms with Gasteiger partial charge in [-0.3, -0.25) is 14.4 Å². The maximum Gasteiger partial charge on any atom is 0.188 e. The number of fused-ring (bicyclic) bond motifs is 1. The number of halogens is 2. The van der Waals surface area contributed by atoms with Gasteiger partial charge >= 0.3 is 0 Å². The van der Waals surface area contributed by atoms with Crippen molar-refractivity contribution in [3.8, 4) is 5.75 Å². The number of ether oxygens (including phenoxy) is 1. The first-order valence-corrected chi connectivity index (χ1v) is 11.3. The van der Waals surface area contributed by atoms with Crippen LogP contribution >= 0.6 is 31.9 Å². The number of rotatable bonds is 6. The van der Waals surface area contributed by atoms with Crippen LogP contribution in [-0.2, 0) is 0 Å². The summed E-state index contributed by atoms with van der Waals surface area (Å²) >= 11 is 7.07. The number of ketones is 3. The van der Waals surface area contributed by atoms with Gasteiger partial charge in [-0.15, -0.1) is 0 Å². The third kappa shape index (κ3) is 3.58. The van der Waals surface area contributed by atoms with Gasteiger partial charge in [0.05, 0.1) is 11.9 Å². The van der Waals surface area contributed by atoms with E-state index in [-0.39, 0.29) is 17.3 Å². The van der Waals surface area contributed by atoms with Crippen LogP contribution in [0.2, 0.25) is 0 Å². The molecule has 1 aliphatic carbocycles. The predicted molar refractivity (Wildman–Crippen MR) is 126 cm³/mol. The van der Waals surface area contributed by atoms with Crippen LogP contribution in [0.3, 0.4) is 0 Å². The number of carbonyl (C=O) groups excluding carboxylic acids is 3. The van der Waals surface area contributed by atoms with Gasteiger partial charge in [-0.2, -0.15) is 0 Å². The minimum Gasteiger partial charge on any atom is -0.497 e. The second-order valence-corrected chi connectivity index (χ2v) is 9.54. The Morgan fingerprint density at radius 2 is 1.35 bits per heavy atom. The highest BCUT2D eigenvalue weighted by Crippen LogP contribution is 2.49. The molecule has 0 radical (unpaired) electrons.